The molecule has 3 aromatic heterocycles. The van der Waals surface area contributed by atoms with Crippen LogP contribution in [0.5, 0.6) is 5.75 Å². The smallest absolute Gasteiger partial charge is 0.464 e. The molecular formula is C41H47BFN5O6S. The Balaban J connectivity index is 1.15. The van der Waals surface area contributed by atoms with Gasteiger partial charge in [-0.05, 0) is 94.7 Å². The van der Waals surface area contributed by atoms with E-state index in [1.165, 1.54) is 18.1 Å². The molecule has 14 heteroatoms. The number of rotatable bonds is 8. The van der Waals surface area contributed by atoms with E-state index in [9.17, 15) is 9.59 Å². The van der Waals surface area contributed by atoms with Gasteiger partial charge < -0.3 is 34.0 Å². The molecule has 0 bridgehead atoms. The lowest BCUT2D eigenvalue weighted by Crippen LogP contribution is -2.51. The van der Waals surface area contributed by atoms with Gasteiger partial charge >= 0.3 is 13.2 Å². The number of nitrogens with one attached hydrogen (secondary N) is 2. The van der Waals surface area contributed by atoms with Crippen molar-refractivity contribution in [2.45, 2.75) is 97.2 Å². The first-order valence-corrected chi connectivity index (χ1v) is 19.8. The van der Waals surface area contributed by atoms with Gasteiger partial charge in [0.05, 0.1) is 57.9 Å². The number of ether oxygens (including phenoxy) is 2. The fraction of sp³-hybridized carbons (Fsp3) is 0.439. The van der Waals surface area contributed by atoms with Gasteiger partial charge in [-0.25, -0.2) is 14.2 Å². The molecule has 2 saturated heterocycles. The Kier molecular flexibility index (Phi) is 9.37. The molecule has 2 aromatic carbocycles. The van der Waals surface area contributed by atoms with Gasteiger partial charge in [-0.2, -0.15) is 0 Å². The molecular weight excluding hydrogens is 720 g/mol. The van der Waals surface area contributed by atoms with E-state index >= 15 is 4.39 Å². The summed E-state index contributed by atoms with van der Waals surface area (Å²) in [6, 6.07) is 14.7. The number of hydrogen-bond acceptors (Lipinski definition) is 8. The molecule has 288 valence electrons. The highest BCUT2D eigenvalue weighted by Gasteiger charge is 2.52. The van der Waals surface area contributed by atoms with Crippen LogP contribution in [0.25, 0.3) is 33.4 Å². The first-order chi connectivity index (χ1) is 26.2. The quantitative estimate of drug-likeness (QED) is 0.155. The maximum absolute atomic E-state index is 16.6. The number of alkyl carbamates (subject to hydrolysis) is 1. The zero-order valence-corrected chi connectivity index (χ0v) is 33.3. The third-order valence-corrected chi connectivity index (χ3v) is 12.9. The highest BCUT2D eigenvalue weighted by Crippen LogP contribution is 2.48. The van der Waals surface area contributed by atoms with Crippen molar-refractivity contribution in [3.05, 3.63) is 76.1 Å². The predicted octanol–water partition coefficient (Wildman–Crippen LogP) is 7.74. The highest BCUT2D eigenvalue weighted by atomic mass is 32.1. The number of aryl methyl sites for hydroxylation is 1. The molecule has 0 spiro atoms. The molecule has 55 heavy (non-hydrogen) atoms. The molecule has 3 aliphatic rings. The van der Waals surface area contributed by atoms with Crippen LogP contribution in [0.4, 0.5) is 9.18 Å². The van der Waals surface area contributed by atoms with Gasteiger partial charge in [0.1, 0.15) is 23.4 Å². The molecule has 8 rings (SSSR count). The van der Waals surface area contributed by atoms with Crippen LogP contribution in [0.2, 0.25) is 0 Å². The standard InChI is InChI=1S/C41H47BFN5O6S/c1-9-26-13-15-33(55-26)38-48-29-14-12-25(42-53-40(4,5)41(6,7)54-42)17-24(29)19-31(48)34-27(43)18-23(20-32(34)52-38)28-21-44-36(45-28)30-11-10-16-47(30)37(49)35(22(2)3)46-39(50)51-8/h12-15,17-22,30,35,38H,9-11,16H2,1-8H3,(H,44,45)(H,46,50). The topological polar surface area (TPSA) is 120 Å². The molecule has 11 nitrogen and oxygen atoms in total. The number of imidazole rings is 1. The van der Waals surface area contributed by atoms with E-state index in [0.29, 0.717) is 47.1 Å². The van der Waals surface area contributed by atoms with Crippen molar-refractivity contribution >= 4 is 46.8 Å². The maximum atomic E-state index is 16.6. The van der Waals surface area contributed by atoms with Crippen LogP contribution in [0.1, 0.15) is 89.2 Å². The summed E-state index contributed by atoms with van der Waals surface area (Å²) in [6.07, 6.45) is 2.88. The van der Waals surface area contributed by atoms with Gasteiger partial charge in [-0.15, -0.1) is 11.3 Å². The van der Waals surface area contributed by atoms with Crippen molar-refractivity contribution < 1.29 is 32.8 Å². The molecule has 5 aromatic rings. The number of halogens is 1. The van der Waals surface area contributed by atoms with Gasteiger partial charge in [-0.1, -0.05) is 32.9 Å². The first kappa shape index (κ1) is 37.3. The number of carbonyl (C=O) groups excluding carboxylic acids is 2. The second-order valence-electron chi connectivity index (χ2n) is 16.0. The number of amides is 2. The van der Waals surface area contributed by atoms with Crippen LogP contribution in [0.3, 0.4) is 0 Å². The molecule has 0 aliphatic carbocycles. The molecule has 2 fully saturated rings. The van der Waals surface area contributed by atoms with Gasteiger partial charge in [0.25, 0.3) is 0 Å². The lowest BCUT2D eigenvalue weighted by atomic mass is 9.78. The minimum Gasteiger partial charge on any atom is -0.464 e. The number of carbonyl (C=O) groups is 2. The zero-order chi connectivity index (χ0) is 39.0. The summed E-state index contributed by atoms with van der Waals surface area (Å²) >= 11 is 1.69. The Bertz CT molecular complexity index is 2280. The summed E-state index contributed by atoms with van der Waals surface area (Å²) < 4.78 is 43.0. The van der Waals surface area contributed by atoms with Gasteiger partial charge in [-0.3, -0.25) is 9.36 Å². The van der Waals surface area contributed by atoms with Crippen molar-refractivity contribution in [3.63, 3.8) is 0 Å². The van der Waals surface area contributed by atoms with Gasteiger partial charge in [0.2, 0.25) is 12.1 Å². The van der Waals surface area contributed by atoms with E-state index in [1.54, 1.807) is 22.4 Å². The number of likely N-dealkylation sites (tertiary alicyclic amines) is 1. The number of benzene rings is 2. The largest absolute Gasteiger partial charge is 0.494 e. The van der Waals surface area contributed by atoms with Crippen LogP contribution < -0.4 is 15.5 Å². The number of thiophene rings is 1. The Morgan fingerprint density at radius 1 is 1.11 bits per heavy atom. The molecule has 3 unspecified atom stereocenters. The van der Waals surface area contributed by atoms with Gasteiger partial charge in [0, 0.05) is 22.4 Å². The Morgan fingerprint density at radius 2 is 1.87 bits per heavy atom. The van der Waals surface area contributed by atoms with Crippen molar-refractivity contribution in [2.75, 3.05) is 13.7 Å². The Hall–Kier alpha value is -4.66. The fourth-order valence-electron chi connectivity index (χ4n) is 7.83. The number of fused-ring (bicyclic) bond motifs is 5. The average molecular weight is 768 g/mol. The third-order valence-electron chi connectivity index (χ3n) is 11.6. The third kappa shape index (κ3) is 6.41. The predicted molar refractivity (Wildman–Crippen MR) is 211 cm³/mol. The second kappa shape index (κ2) is 13.8. The molecule has 0 radical (unpaired) electrons. The van der Waals surface area contributed by atoms with E-state index in [-0.39, 0.29) is 17.9 Å². The lowest BCUT2D eigenvalue weighted by Gasteiger charge is -2.32. The Labute approximate surface area is 324 Å². The number of hydrogen-bond donors (Lipinski definition) is 2. The van der Waals surface area contributed by atoms with E-state index in [4.69, 9.17) is 18.8 Å². The summed E-state index contributed by atoms with van der Waals surface area (Å²) in [5.41, 5.74) is 3.12. The Morgan fingerprint density at radius 3 is 2.56 bits per heavy atom. The fourth-order valence-corrected chi connectivity index (χ4v) is 8.80. The molecule has 2 N–H and O–H groups in total. The number of methoxy groups -OCH3 is 1. The van der Waals surface area contributed by atoms with Crippen LogP contribution in [-0.4, -0.2) is 69.5 Å². The van der Waals surface area contributed by atoms with Gasteiger partial charge in [0.15, 0.2) is 0 Å². The summed E-state index contributed by atoms with van der Waals surface area (Å²) in [7, 11) is 0.745. The minimum absolute atomic E-state index is 0.152. The number of aromatic amines is 1. The van der Waals surface area contributed by atoms with E-state index in [2.05, 4.69) is 45.0 Å². The average Bonchev–Trinajstić information content (AvgIpc) is 3.99. The highest BCUT2D eigenvalue weighted by molar-refractivity contribution is 7.12. The molecule has 3 aliphatic heterocycles. The number of H-pyrrole nitrogens is 1. The first-order valence-electron chi connectivity index (χ1n) is 19.0. The van der Waals surface area contributed by atoms with Crippen LogP contribution >= 0.6 is 11.3 Å². The maximum Gasteiger partial charge on any atom is 0.494 e. The normalized spacial score (nSPS) is 20.4. The van der Waals surface area contributed by atoms with Crippen LogP contribution in [0.15, 0.2) is 54.7 Å². The molecule has 6 heterocycles. The minimum atomic E-state index is -0.745. The number of aromatic nitrogens is 3. The second-order valence-corrected chi connectivity index (χ2v) is 17.2. The summed E-state index contributed by atoms with van der Waals surface area (Å²) in [5, 5.41) is 3.61. The van der Waals surface area contributed by atoms with Crippen molar-refractivity contribution in [2.24, 2.45) is 5.92 Å². The summed E-state index contributed by atoms with van der Waals surface area (Å²) in [6.45, 7) is 14.6. The summed E-state index contributed by atoms with van der Waals surface area (Å²) in [5.74, 6) is 0.251. The van der Waals surface area contributed by atoms with E-state index < -0.39 is 42.5 Å². The molecule has 0 saturated carbocycles. The monoisotopic (exact) mass is 767 g/mol. The zero-order valence-electron chi connectivity index (χ0n) is 32.5. The van der Waals surface area contributed by atoms with Crippen molar-refractivity contribution in [3.8, 4) is 28.3 Å². The molecule has 3 atom stereocenters. The van der Waals surface area contributed by atoms with E-state index in [1.807, 2.05) is 65.8 Å². The lowest BCUT2D eigenvalue weighted by molar-refractivity contribution is -0.135. The molecule has 2 amide bonds. The summed E-state index contributed by atoms with van der Waals surface area (Å²) in [4.78, 5) is 37.8. The SMILES string of the molecule is CCc1ccc(C2Oc3cc(-c4cnc(C5CCCN5C(=O)C(NC(=O)OC)C(C)C)[nH]4)cc(F)c3-c3cc4cc(B5OC(C)(C)C(C)(C)O5)ccc4n32)s1. The van der Waals surface area contributed by atoms with Crippen molar-refractivity contribution in [1.82, 2.24) is 24.8 Å². The van der Waals surface area contributed by atoms with Crippen LogP contribution in [0, 0.1) is 11.7 Å². The number of nitrogens with zero attached hydrogens (tertiary/aromatic N) is 3. The van der Waals surface area contributed by atoms with E-state index in [0.717, 1.165) is 34.1 Å². The van der Waals surface area contributed by atoms with Crippen molar-refractivity contribution in [1.29, 1.82) is 0 Å². The van der Waals surface area contributed by atoms with Crippen LogP contribution in [-0.2, 0) is 25.3 Å².